The fraction of sp³-hybridized carbons (Fsp3) is 0.0882. The summed E-state index contributed by atoms with van der Waals surface area (Å²) >= 11 is 0. The molecule has 192 valence electrons. The number of hydrogen-bond donors (Lipinski definition) is 0. The Kier molecular flexibility index (Phi) is 9.73. The molecule has 0 aliphatic carbocycles. The maximum absolute atomic E-state index is 4.35. The van der Waals surface area contributed by atoms with Crippen molar-refractivity contribution in [3.8, 4) is 33.6 Å². The summed E-state index contributed by atoms with van der Waals surface area (Å²) in [5.41, 5.74) is 8.72. The van der Waals surface area contributed by atoms with Crippen molar-refractivity contribution in [2.45, 2.75) is 20.8 Å². The summed E-state index contributed by atoms with van der Waals surface area (Å²) in [6.07, 6.45) is 7.18. The highest BCUT2D eigenvalue weighted by atomic mass is 14.8. The first-order chi connectivity index (χ1) is 19.1. The summed E-state index contributed by atoms with van der Waals surface area (Å²) in [5.74, 6) is 0.805. The van der Waals surface area contributed by atoms with E-state index in [1.54, 1.807) is 6.33 Å². The number of aryl methyl sites for hydroxylation is 3. The summed E-state index contributed by atoms with van der Waals surface area (Å²) in [6.45, 7) is 5.89. The molecule has 5 heteroatoms. The molecule has 0 spiro atoms. The lowest BCUT2D eigenvalue weighted by molar-refractivity contribution is 1.06. The Morgan fingerprint density at radius 1 is 0.410 bits per heavy atom. The number of rotatable bonds is 3. The van der Waals surface area contributed by atoms with Gasteiger partial charge < -0.3 is 0 Å². The highest BCUT2D eigenvalue weighted by Crippen LogP contribution is 2.17. The van der Waals surface area contributed by atoms with Crippen LogP contribution in [-0.2, 0) is 0 Å². The summed E-state index contributed by atoms with van der Waals surface area (Å²) in [5, 5.41) is 0. The van der Waals surface area contributed by atoms with E-state index in [1.165, 1.54) is 11.1 Å². The molecule has 0 saturated heterocycles. The van der Waals surface area contributed by atoms with Gasteiger partial charge in [0.1, 0.15) is 12.2 Å². The predicted molar refractivity (Wildman–Crippen MR) is 159 cm³/mol. The second-order valence-electron chi connectivity index (χ2n) is 8.88. The Hall–Kier alpha value is -5.03. The quantitative estimate of drug-likeness (QED) is 0.242. The lowest BCUT2D eigenvalue weighted by Gasteiger charge is -1.99. The van der Waals surface area contributed by atoms with Crippen molar-refractivity contribution < 1.29 is 0 Å². The normalized spacial score (nSPS) is 9.92. The van der Waals surface area contributed by atoms with Crippen molar-refractivity contribution in [3.63, 3.8) is 0 Å². The van der Waals surface area contributed by atoms with Crippen LogP contribution in [0.15, 0.2) is 134 Å². The molecule has 3 heterocycles. The molecular weight excluding hydrogens is 478 g/mol. The highest BCUT2D eigenvalue weighted by Gasteiger charge is 1.98. The van der Waals surface area contributed by atoms with Gasteiger partial charge in [-0.1, -0.05) is 97.1 Å². The fourth-order valence-corrected chi connectivity index (χ4v) is 3.64. The van der Waals surface area contributed by atoms with Crippen LogP contribution < -0.4 is 0 Å². The summed E-state index contributed by atoms with van der Waals surface area (Å²) in [7, 11) is 0. The van der Waals surface area contributed by atoms with E-state index in [0.29, 0.717) is 0 Å². The molecule has 0 aliphatic rings. The molecule has 5 nitrogen and oxygen atoms in total. The third-order valence-corrected chi connectivity index (χ3v) is 5.74. The zero-order chi connectivity index (χ0) is 27.3. The van der Waals surface area contributed by atoms with Gasteiger partial charge in [-0.25, -0.2) is 19.9 Å². The largest absolute Gasteiger partial charge is 0.256 e. The van der Waals surface area contributed by atoms with Gasteiger partial charge in [-0.2, -0.15) is 0 Å². The molecule has 0 amide bonds. The number of aromatic nitrogens is 5. The van der Waals surface area contributed by atoms with E-state index >= 15 is 0 Å². The smallest absolute Gasteiger partial charge is 0.125 e. The molecule has 0 fully saturated rings. The van der Waals surface area contributed by atoms with Gasteiger partial charge in [-0.15, -0.1) is 0 Å². The molecular formula is C34H31N5. The van der Waals surface area contributed by atoms with Crippen LogP contribution in [0.2, 0.25) is 0 Å². The van der Waals surface area contributed by atoms with Crippen molar-refractivity contribution in [2.75, 3.05) is 0 Å². The highest BCUT2D eigenvalue weighted by molar-refractivity contribution is 5.61. The van der Waals surface area contributed by atoms with Gasteiger partial charge in [0.2, 0.25) is 0 Å². The van der Waals surface area contributed by atoms with Crippen molar-refractivity contribution >= 4 is 0 Å². The molecule has 6 aromatic rings. The Morgan fingerprint density at radius 3 is 1.46 bits per heavy atom. The lowest BCUT2D eigenvalue weighted by atomic mass is 10.1. The maximum Gasteiger partial charge on any atom is 0.125 e. The van der Waals surface area contributed by atoms with Gasteiger partial charge in [-0.3, -0.25) is 4.98 Å². The van der Waals surface area contributed by atoms with E-state index < -0.39 is 0 Å². The van der Waals surface area contributed by atoms with Crippen LogP contribution in [0, 0.1) is 20.8 Å². The SMILES string of the molecule is Cc1cc(-c2ccccc2)ncn1.Cc1ccc(-c2ccccc2)nc1.Cc1ncc(-c2ccccc2)cn1. The third-order valence-electron chi connectivity index (χ3n) is 5.74. The van der Waals surface area contributed by atoms with Crippen LogP contribution in [0.1, 0.15) is 17.1 Å². The second kappa shape index (κ2) is 14.1. The van der Waals surface area contributed by atoms with E-state index in [1.807, 2.05) is 130 Å². The molecule has 6 rings (SSSR count). The van der Waals surface area contributed by atoms with E-state index in [9.17, 15) is 0 Å². The molecule has 0 aliphatic heterocycles. The first-order valence-electron chi connectivity index (χ1n) is 12.7. The van der Waals surface area contributed by atoms with Crippen LogP contribution in [-0.4, -0.2) is 24.9 Å². The molecule has 0 unspecified atom stereocenters. The van der Waals surface area contributed by atoms with Gasteiger partial charge in [0.15, 0.2) is 0 Å². The van der Waals surface area contributed by atoms with Gasteiger partial charge in [0, 0.05) is 41.0 Å². The summed E-state index contributed by atoms with van der Waals surface area (Å²) < 4.78 is 0. The van der Waals surface area contributed by atoms with Crippen LogP contribution >= 0.6 is 0 Å². The average molecular weight is 510 g/mol. The molecule has 0 radical (unpaired) electrons. The van der Waals surface area contributed by atoms with Crippen molar-refractivity contribution in [1.82, 2.24) is 24.9 Å². The zero-order valence-corrected chi connectivity index (χ0v) is 22.4. The first kappa shape index (κ1) is 27.0. The molecule has 3 aromatic carbocycles. The standard InChI is InChI=1S/C12H11N.2C11H10N2/c1-10-7-8-12(13-9-10)11-5-3-2-4-6-11;1-9-12-7-11(8-13-9)10-5-3-2-4-6-10;1-9-7-11(13-8-12-9)10-5-3-2-4-6-10/h2-9H,1H3;2*2-8H,1H3. The van der Waals surface area contributed by atoms with Gasteiger partial charge in [-0.05, 0) is 44.0 Å². The lowest BCUT2D eigenvalue weighted by Crippen LogP contribution is -1.86. The Balaban J connectivity index is 0.000000136. The molecule has 0 bridgehead atoms. The summed E-state index contributed by atoms with van der Waals surface area (Å²) in [4.78, 5) is 20.9. The molecule has 3 aromatic heterocycles. The fourth-order valence-electron chi connectivity index (χ4n) is 3.64. The van der Waals surface area contributed by atoms with E-state index in [0.717, 1.165) is 39.6 Å². The minimum atomic E-state index is 0.805. The first-order valence-corrected chi connectivity index (χ1v) is 12.7. The molecule has 0 saturated carbocycles. The van der Waals surface area contributed by atoms with Crippen LogP contribution in [0.25, 0.3) is 33.6 Å². The predicted octanol–water partition coefficient (Wildman–Crippen LogP) is 7.96. The number of hydrogen-bond acceptors (Lipinski definition) is 5. The average Bonchev–Trinajstić information content (AvgIpc) is 3.00. The van der Waals surface area contributed by atoms with Gasteiger partial charge >= 0.3 is 0 Å². The topological polar surface area (TPSA) is 64.5 Å². The van der Waals surface area contributed by atoms with Gasteiger partial charge in [0.25, 0.3) is 0 Å². The van der Waals surface area contributed by atoms with Gasteiger partial charge in [0.05, 0.1) is 11.4 Å². The maximum atomic E-state index is 4.35. The van der Waals surface area contributed by atoms with Crippen LogP contribution in [0.4, 0.5) is 0 Å². The minimum absolute atomic E-state index is 0.805. The Labute approximate surface area is 230 Å². The second-order valence-corrected chi connectivity index (χ2v) is 8.88. The Bertz CT molecular complexity index is 1450. The number of nitrogens with zero attached hydrogens (tertiary/aromatic N) is 5. The van der Waals surface area contributed by atoms with Crippen LogP contribution in [0.3, 0.4) is 0 Å². The number of benzene rings is 3. The molecule has 0 N–H and O–H groups in total. The van der Waals surface area contributed by atoms with Crippen LogP contribution in [0.5, 0.6) is 0 Å². The van der Waals surface area contributed by atoms with E-state index in [2.05, 4.69) is 43.1 Å². The van der Waals surface area contributed by atoms with E-state index in [4.69, 9.17) is 0 Å². The van der Waals surface area contributed by atoms with E-state index in [-0.39, 0.29) is 0 Å². The summed E-state index contributed by atoms with van der Waals surface area (Å²) in [6, 6.07) is 36.5. The third kappa shape index (κ3) is 8.51. The van der Waals surface area contributed by atoms with Crippen molar-refractivity contribution in [3.05, 3.63) is 151 Å². The molecule has 39 heavy (non-hydrogen) atoms. The molecule has 0 atom stereocenters. The zero-order valence-electron chi connectivity index (χ0n) is 22.4. The Morgan fingerprint density at radius 2 is 0.949 bits per heavy atom. The minimum Gasteiger partial charge on any atom is -0.256 e. The van der Waals surface area contributed by atoms with Crippen molar-refractivity contribution in [1.29, 1.82) is 0 Å². The monoisotopic (exact) mass is 509 g/mol. The van der Waals surface area contributed by atoms with Crippen molar-refractivity contribution in [2.24, 2.45) is 0 Å². The number of pyridine rings is 1.